The van der Waals surface area contributed by atoms with Crippen LogP contribution in [-0.2, 0) is 19.4 Å². The van der Waals surface area contributed by atoms with E-state index in [0.29, 0.717) is 6.54 Å². The topological polar surface area (TPSA) is 83.8 Å². The molecule has 0 spiro atoms. The molecule has 0 atom stereocenters. The van der Waals surface area contributed by atoms with Gasteiger partial charge < -0.3 is 29.5 Å². The Bertz CT molecular complexity index is 1170. The highest BCUT2D eigenvalue weighted by molar-refractivity contribution is 14.0. The van der Waals surface area contributed by atoms with E-state index >= 15 is 0 Å². The zero-order chi connectivity index (χ0) is 22.9. The maximum absolute atomic E-state index is 5.55. The number of aromatic nitrogens is 1. The summed E-state index contributed by atoms with van der Waals surface area (Å²) in [4.78, 5) is 8.11. The van der Waals surface area contributed by atoms with Crippen molar-refractivity contribution in [3.05, 3.63) is 83.9 Å². The van der Waals surface area contributed by atoms with Gasteiger partial charge in [0.1, 0.15) is 17.3 Å². The summed E-state index contributed by atoms with van der Waals surface area (Å²) in [6.45, 7) is 2.03. The second-order valence-electron chi connectivity index (χ2n) is 7.64. The molecule has 0 amide bonds. The molecule has 0 bridgehead atoms. The summed E-state index contributed by atoms with van der Waals surface area (Å²) in [5.74, 6) is 3.44. The van der Waals surface area contributed by atoms with Gasteiger partial charge in [0.05, 0.1) is 27.0 Å². The van der Waals surface area contributed by atoms with Gasteiger partial charge >= 0.3 is 0 Å². The smallest absolute Gasteiger partial charge is 0.191 e. The van der Waals surface area contributed by atoms with Gasteiger partial charge in [0, 0.05) is 36.6 Å². The van der Waals surface area contributed by atoms with Crippen molar-refractivity contribution < 1.29 is 13.9 Å². The van der Waals surface area contributed by atoms with E-state index in [2.05, 4.69) is 21.7 Å². The standard InChI is InChI=1S/C26H30N4O3.HI/c1-31-21-10-8-19(9-11-21)17-30-26(28-15-13-22-5-4-16-33-22)27-14-12-20-18-29-23-6-3-7-24(32-2)25(20)23;/h3-11,16,18,29H,12-15,17H2,1-2H3,(H2,27,28,30);1H. The van der Waals surface area contributed by atoms with Crippen molar-refractivity contribution in [3.63, 3.8) is 0 Å². The van der Waals surface area contributed by atoms with Gasteiger partial charge in [0.2, 0.25) is 0 Å². The van der Waals surface area contributed by atoms with E-state index in [0.717, 1.165) is 65.6 Å². The Morgan fingerprint density at radius 3 is 2.44 bits per heavy atom. The number of furan rings is 1. The number of ether oxygens (including phenoxy) is 2. The van der Waals surface area contributed by atoms with E-state index < -0.39 is 0 Å². The number of hydrogen-bond donors (Lipinski definition) is 3. The van der Waals surface area contributed by atoms with Crippen LogP contribution in [0.2, 0.25) is 0 Å². The van der Waals surface area contributed by atoms with Crippen molar-refractivity contribution in [2.45, 2.75) is 19.4 Å². The lowest BCUT2D eigenvalue weighted by atomic mass is 10.1. The molecule has 3 N–H and O–H groups in total. The maximum Gasteiger partial charge on any atom is 0.191 e. The minimum Gasteiger partial charge on any atom is -0.497 e. The van der Waals surface area contributed by atoms with Gasteiger partial charge in [0.25, 0.3) is 0 Å². The Labute approximate surface area is 217 Å². The number of methoxy groups -OCH3 is 2. The normalized spacial score (nSPS) is 11.2. The predicted octanol–water partition coefficient (Wildman–Crippen LogP) is 4.92. The fourth-order valence-electron chi connectivity index (χ4n) is 3.74. The molecule has 0 aliphatic rings. The van der Waals surface area contributed by atoms with Crippen LogP contribution in [0.15, 0.2) is 76.5 Å². The number of aliphatic imine (C=N–C) groups is 1. The van der Waals surface area contributed by atoms with Crippen LogP contribution in [0.1, 0.15) is 16.9 Å². The van der Waals surface area contributed by atoms with Crippen molar-refractivity contribution in [1.29, 1.82) is 0 Å². The van der Waals surface area contributed by atoms with E-state index in [1.54, 1.807) is 20.5 Å². The third-order valence-corrected chi connectivity index (χ3v) is 5.48. The number of benzene rings is 2. The Balaban J connectivity index is 0.00000324. The highest BCUT2D eigenvalue weighted by atomic mass is 127. The van der Waals surface area contributed by atoms with Crippen molar-refractivity contribution in [2.75, 3.05) is 27.3 Å². The molecule has 0 saturated carbocycles. The van der Waals surface area contributed by atoms with Crippen LogP contribution < -0.4 is 20.1 Å². The van der Waals surface area contributed by atoms with Crippen molar-refractivity contribution >= 4 is 40.8 Å². The molecule has 0 radical (unpaired) electrons. The second kappa shape index (κ2) is 12.9. The minimum atomic E-state index is 0. The molecular weight excluding hydrogens is 543 g/mol. The van der Waals surface area contributed by atoms with Gasteiger partial charge in [-0.15, -0.1) is 24.0 Å². The van der Waals surface area contributed by atoms with Gasteiger partial charge in [-0.25, -0.2) is 4.99 Å². The highest BCUT2D eigenvalue weighted by Crippen LogP contribution is 2.28. The zero-order valence-electron chi connectivity index (χ0n) is 19.5. The number of hydrogen-bond acceptors (Lipinski definition) is 4. The minimum absolute atomic E-state index is 0. The Morgan fingerprint density at radius 2 is 1.74 bits per heavy atom. The quantitative estimate of drug-likeness (QED) is 0.142. The van der Waals surface area contributed by atoms with E-state index in [9.17, 15) is 0 Å². The molecule has 2 aromatic heterocycles. The van der Waals surface area contributed by atoms with E-state index in [-0.39, 0.29) is 24.0 Å². The van der Waals surface area contributed by atoms with Crippen molar-refractivity contribution in [1.82, 2.24) is 15.6 Å². The first-order chi connectivity index (χ1) is 16.3. The zero-order valence-corrected chi connectivity index (χ0v) is 21.8. The van der Waals surface area contributed by atoms with Crippen LogP contribution in [0.25, 0.3) is 10.9 Å². The molecule has 0 unspecified atom stereocenters. The molecule has 2 heterocycles. The fourth-order valence-corrected chi connectivity index (χ4v) is 3.74. The number of H-pyrrole nitrogens is 1. The van der Waals surface area contributed by atoms with Crippen LogP contribution in [-0.4, -0.2) is 38.3 Å². The van der Waals surface area contributed by atoms with Crippen LogP contribution in [0.4, 0.5) is 0 Å². The molecule has 0 fully saturated rings. The van der Waals surface area contributed by atoms with Gasteiger partial charge in [0.15, 0.2) is 5.96 Å². The number of nitrogens with one attached hydrogen (secondary N) is 3. The number of guanidine groups is 1. The molecule has 0 aliphatic carbocycles. The highest BCUT2D eigenvalue weighted by Gasteiger charge is 2.09. The first-order valence-corrected chi connectivity index (χ1v) is 11.1. The van der Waals surface area contributed by atoms with Crippen LogP contribution in [0.3, 0.4) is 0 Å². The van der Waals surface area contributed by atoms with E-state index in [1.807, 2.05) is 54.7 Å². The molecule has 0 aliphatic heterocycles. The van der Waals surface area contributed by atoms with Crippen molar-refractivity contribution in [3.8, 4) is 11.5 Å². The average molecular weight is 574 g/mol. The first-order valence-electron chi connectivity index (χ1n) is 11.1. The molecule has 180 valence electrons. The number of aromatic amines is 1. The third kappa shape index (κ3) is 6.69. The second-order valence-corrected chi connectivity index (χ2v) is 7.64. The SMILES string of the molecule is COc1ccc(CN=C(NCCc2ccco2)NCCc2c[nH]c3cccc(OC)c23)cc1.I. The molecule has 8 heteroatoms. The van der Waals surface area contributed by atoms with Gasteiger partial charge in [-0.1, -0.05) is 18.2 Å². The molecule has 7 nitrogen and oxygen atoms in total. The Morgan fingerprint density at radius 1 is 0.941 bits per heavy atom. The lowest BCUT2D eigenvalue weighted by Crippen LogP contribution is -2.39. The molecular formula is C26H31IN4O3. The summed E-state index contributed by atoms with van der Waals surface area (Å²) in [6, 6.07) is 17.9. The van der Waals surface area contributed by atoms with E-state index in [1.165, 1.54) is 5.56 Å². The fraction of sp³-hybridized carbons (Fsp3) is 0.269. The maximum atomic E-state index is 5.55. The summed E-state index contributed by atoms with van der Waals surface area (Å²) >= 11 is 0. The number of nitrogens with zero attached hydrogens (tertiary/aromatic N) is 1. The molecule has 34 heavy (non-hydrogen) atoms. The van der Waals surface area contributed by atoms with Crippen LogP contribution in [0, 0.1) is 0 Å². The van der Waals surface area contributed by atoms with Gasteiger partial charge in [-0.05, 0) is 53.9 Å². The largest absolute Gasteiger partial charge is 0.497 e. The van der Waals surface area contributed by atoms with Crippen molar-refractivity contribution in [2.24, 2.45) is 4.99 Å². The summed E-state index contributed by atoms with van der Waals surface area (Å²) < 4.78 is 16.2. The summed E-state index contributed by atoms with van der Waals surface area (Å²) in [7, 11) is 3.37. The van der Waals surface area contributed by atoms with Gasteiger partial charge in [-0.3, -0.25) is 0 Å². The number of rotatable bonds is 10. The monoisotopic (exact) mass is 574 g/mol. The summed E-state index contributed by atoms with van der Waals surface area (Å²) in [6.07, 6.45) is 5.37. The molecule has 2 aromatic carbocycles. The summed E-state index contributed by atoms with van der Waals surface area (Å²) in [5, 5.41) is 8.00. The molecule has 4 aromatic rings. The first kappa shape index (κ1) is 25.5. The molecule has 0 saturated heterocycles. The predicted molar refractivity (Wildman–Crippen MR) is 147 cm³/mol. The lowest BCUT2D eigenvalue weighted by molar-refractivity contribution is 0.414. The Kier molecular flexibility index (Phi) is 9.69. The third-order valence-electron chi connectivity index (χ3n) is 5.48. The van der Waals surface area contributed by atoms with Gasteiger partial charge in [-0.2, -0.15) is 0 Å². The van der Waals surface area contributed by atoms with Crippen LogP contribution >= 0.6 is 24.0 Å². The molecule has 4 rings (SSSR count). The lowest BCUT2D eigenvalue weighted by Gasteiger charge is -2.13. The van der Waals surface area contributed by atoms with E-state index in [4.69, 9.17) is 18.9 Å². The number of halogens is 1. The average Bonchev–Trinajstić information content (AvgIpc) is 3.52. The summed E-state index contributed by atoms with van der Waals surface area (Å²) in [5.41, 5.74) is 3.40. The number of fused-ring (bicyclic) bond motifs is 1. The Hall–Kier alpha value is -3.14. The van der Waals surface area contributed by atoms with Crippen LogP contribution in [0.5, 0.6) is 11.5 Å².